The number of pyridine rings is 1. The van der Waals surface area contributed by atoms with Crippen LogP contribution in [0, 0.1) is 6.92 Å². The van der Waals surface area contributed by atoms with Crippen molar-refractivity contribution in [1.82, 2.24) is 9.88 Å². The van der Waals surface area contributed by atoms with Crippen LogP contribution >= 0.6 is 11.3 Å². The largest absolute Gasteiger partial charge is 0.313 e. The number of rotatable bonds is 2. The molecule has 0 amide bonds. The third-order valence-electron chi connectivity index (χ3n) is 3.27. The summed E-state index contributed by atoms with van der Waals surface area (Å²) >= 11 is 1.67. The second kappa shape index (κ2) is 4.47. The van der Waals surface area contributed by atoms with Gasteiger partial charge in [-0.2, -0.15) is 0 Å². The maximum atomic E-state index is 12.1. The first-order chi connectivity index (χ1) is 9.06. The molecule has 0 bridgehead atoms. The van der Waals surface area contributed by atoms with Gasteiger partial charge in [-0.3, -0.25) is 4.79 Å². The van der Waals surface area contributed by atoms with Crippen LogP contribution in [0.25, 0.3) is 21.0 Å². The third-order valence-corrected chi connectivity index (χ3v) is 4.30. The SMILES string of the molecule is Cc1cccc2c(=O)[nH]c3sc(CN(C)C)cc3c12. The number of H-pyrrole nitrogens is 1. The van der Waals surface area contributed by atoms with Crippen LogP contribution in [0.5, 0.6) is 0 Å². The molecule has 98 valence electrons. The molecule has 0 aliphatic heterocycles. The van der Waals surface area contributed by atoms with E-state index >= 15 is 0 Å². The van der Waals surface area contributed by atoms with Gasteiger partial charge in [0.1, 0.15) is 4.83 Å². The zero-order valence-electron chi connectivity index (χ0n) is 11.3. The normalized spacial score (nSPS) is 11.8. The molecule has 19 heavy (non-hydrogen) atoms. The Bertz CT molecular complexity index is 814. The van der Waals surface area contributed by atoms with Gasteiger partial charge in [0.2, 0.25) is 0 Å². The van der Waals surface area contributed by atoms with Crippen molar-refractivity contribution in [3.05, 3.63) is 45.1 Å². The number of nitrogens with one attached hydrogen (secondary N) is 1. The highest BCUT2D eigenvalue weighted by Gasteiger charge is 2.11. The van der Waals surface area contributed by atoms with Gasteiger partial charge in [0, 0.05) is 27.6 Å². The number of aromatic amines is 1. The van der Waals surface area contributed by atoms with Gasteiger partial charge in [-0.05, 0) is 38.7 Å². The first-order valence-electron chi connectivity index (χ1n) is 6.25. The lowest BCUT2D eigenvalue weighted by atomic mass is 10.0. The van der Waals surface area contributed by atoms with E-state index in [9.17, 15) is 4.79 Å². The van der Waals surface area contributed by atoms with Gasteiger partial charge in [-0.1, -0.05) is 12.1 Å². The Morgan fingerprint density at radius 3 is 2.79 bits per heavy atom. The summed E-state index contributed by atoms with van der Waals surface area (Å²) in [5, 5.41) is 3.03. The average Bonchev–Trinajstić information content (AvgIpc) is 2.70. The fraction of sp³-hybridized carbons (Fsp3) is 0.267. The summed E-state index contributed by atoms with van der Waals surface area (Å²) in [5.41, 5.74) is 1.16. The van der Waals surface area contributed by atoms with Crippen molar-refractivity contribution in [2.24, 2.45) is 0 Å². The summed E-state index contributed by atoms with van der Waals surface area (Å²) in [5.74, 6) is 0. The van der Waals surface area contributed by atoms with E-state index in [-0.39, 0.29) is 5.56 Å². The van der Waals surface area contributed by atoms with Gasteiger partial charge in [0.25, 0.3) is 5.56 Å². The van der Waals surface area contributed by atoms with Gasteiger partial charge in [-0.15, -0.1) is 11.3 Å². The Balaban J connectivity index is 2.39. The molecular formula is C15H16N2OS. The molecule has 4 heteroatoms. The molecule has 3 aromatic rings. The molecule has 0 aliphatic rings. The Kier molecular flexibility index (Phi) is 2.92. The molecule has 0 radical (unpaired) electrons. The maximum absolute atomic E-state index is 12.1. The van der Waals surface area contributed by atoms with E-state index in [0.29, 0.717) is 0 Å². The molecule has 0 unspecified atom stereocenters. The van der Waals surface area contributed by atoms with Crippen molar-refractivity contribution in [2.75, 3.05) is 14.1 Å². The first kappa shape index (κ1) is 12.4. The fourth-order valence-corrected chi connectivity index (χ4v) is 3.67. The maximum Gasteiger partial charge on any atom is 0.256 e. The molecule has 3 nitrogen and oxygen atoms in total. The third kappa shape index (κ3) is 2.07. The van der Waals surface area contributed by atoms with Crippen LogP contribution < -0.4 is 5.56 Å². The van der Waals surface area contributed by atoms with E-state index in [1.54, 1.807) is 11.3 Å². The van der Waals surface area contributed by atoms with Gasteiger partial charge in [-0.25, -0.2) is 0 Å². The van der Waals surface area contributed by atoms with Gasteiger partial charge >= 0.3 is 0 Å². The lowest BCUT2D eigenvalue weighted by molar-refractivity contribution is 0.406. The van der Waals surface area contributed by atoms with Gasteiger partial charge in [0.05, 0.1) is 0 Å². The second-order valence-electron chi connectivity index (χ2n) is 5.14. The predicted octanol–water partition coefficient (Wildman–Crippen LogP) is 3.11. The zero-order valence-corrected chi connectivity index (χ0v) is 12.1. The Morgan fingerprint density at radius 1 is 1.26 bits per heavy atom. The molecule has 0 aliphatic carbocycles. The van der Waals surface area contributed by atoms with E-state index in [1.165, 1.54) is 4.88 Å². The number of benzene rings is 1. The quantitative estimate of drug-likeness (QED) is 0.778. The number of hydrogen-bond acceptors (Lipinski definition) is 3. The number of aryl methyl sites for hydroxylation is 1. The Hall–Kier alpha value is -1.65. The number of nitrogens with zero attached hydrogens (tertiary/aromatic N) is 1. The summed E-state index contributed by atoms with van der Waals surface area (Å²) in [6.07, 6.45) is 0. The molecule has 2 aromatic heterocycles. The van der Waals surface area contributed by atoms with Gasteiger partial charge < -0.3 is 9.88 Å². The summed E-state index contributed by atoms with van der Waals surface area (Å²) in [6, 6.07) is 8.09. The van der Waals surface area contributed by atoms with Crippen molar-refractivity contribution in [1.29, 1.82) is 0 Å². The van der Waals surface area contributed by atoms with Crippen LogP contribution in [0.2, 0.25) is 0 Å². The summed E-state index contributed by atoms with van der Waals surface area (Å²) in [6.45, 7) is 2.96. The standard InChI is InChI=1S/C15H16N2OS/c1-9-5-4-6-11-13(9)12-7-10(8-17(2)3)19-15(12)16-14(11)18/h4-7H,8H2,1-3H3,(H,16,18). The molecule has 0 atom stereocenters. The molecule has 3 rings (SSSR count). The van der Waals surface area contributed by atoms with Crippen LogP contribution in [0.15, 0.2) is 29.1 Å². The minimum atomic E-state index is 0.00412. The molecule has 0 saturated heterocycles. The average molecular weight is 272 g/mol. The first-order valence-corrected chi connectivity index (χ1v) is 7.06. The highest BCUT2D eigenvalue weighted by atomic mass is 32.1. The van der Waals surface area contributed by atoms with E-state index in [0.717, 1.165) is 33.1 Å². The van der Waals surface area contributed by atoms with Crippen molar-refractivity contribution in [2.45, 2.75) is 13.5 Å². The molecule has 0 saturated carbocycles. The van der Waals surface area contributed by atoms with Crippen LogP contribution in [-0.4, -0.2) is 24.0 Å². The Morgan fingerprint density at radius 2 is 2.05 bits per heavy atom. The van der Waals surface area contributed by atoms with E-state index in [4.69, 9.17) is 0 Å². The van der Waals surface area contributed by atoms with Crippen molar-refractivity contribution in [3.63, 3.8) is 0 Å². The van der Waals surface area contributed by atoms with Crippen molar-refractivity contribution < 1.29 is 0 Å². The number of aromatic nitrogens is 1. The Labute approximate surface area is 115 Å². The second-order valence-corrected chi connectivity index (χ2v) is 6.28. The molecule has 0 spiro atoms. The minimum absolute atomic E-state index is 0.00412. The van der Waals surface area contributed by atoms with Crippen LogP contribution in [0.4, 0.5) is 0 Å². The number of hydrogen-bond donors (Lipinski definition) is 1. The lowest BCUT2D eigenvalue weighted by Crippen LogP contribution is -2.09. The summed E-state index contributed by atoms with van der Waals surface area (Å²) in [7, 11) is 4.10. The predicted molar refractivity (Wildman–Crippen MR) is 82.1 cm³/mol. The van der Waals surface area contributed by atoms with E-state index in [1.807, 2.05) is 12.1 Å². The monoisotopic (exact) mass is 272 g/mol. The van der Waals surface area contributed by atoms with Crippen LogP contribution in [0.1, 0.15) is 10.4 Å². The van der Waals surface area contributed by atoms with Crippen LogP contribution in [-0.2, 0) is 6.54 Å². The smallest absolute Gasteiger partial charge is 0.256 e. The number of thiophene rings is 1. The molecule has 1 N–H and O–H groups in total. The molecule has 2 heterocycles. The number of fused-ring (bicyclic) bond motifs is 3. The van der Waals surface area contributed by atoms with Crippen molar-refractivity contribution in [3.8, 4) is 0 Å². The molecular weight excluding hydrogens is 256 g/mol. The topological polar surface area (TPSA) is 36.1 Å². The molecule has 1 aromatic carbocycles. The van der Waals surface area contributed by atoms with Crippen LogP contribution in [0.3, 0.4) is 0 Å². The van der Waals surface area contributed by atoms with Crippen molar-refractivity contribution >= 4 is 32.3 Å². The fourth-order valence-electron chi connectivity index (χ4n) is 2.50. The minimum Gasteiger partial charge on any atom is -0.313 e. The highest BCUT2D eigenvalue weighted by molar-refractivity contribution is 7.18. The zero-order chi connectivity index (χ0) is 13.6. The highest BCUT2D eigenvalue weighted by Crippen LogP contribution is 2.30. The van der Waals surface area contributed by atoms with Gasteiger partial charge in [0.15, 0.2) is 0 Å². The lowest BCUT2D eigenvalue weighted by Gasteiger charge is -2.05. The van der Waals surface area contributed by atoms with E-state index < -0.39 is 0 Å². The summed E-state index contributed by atoms with van der Waals surface area (Å²) < 4.78 is 0. The summed E-state index contributed by atoms with van der Waals surface area (Å²) in [4.78, 5) is 19.5. The molecule has 0 fully saturated rings. The van der Waals surface area contributed by atoms with E-state index in [2.05, 4.69) is 43.0 Å².